The van der Waals surface area contributed by atoms with Gasteiger partial charge in [0.05, 0.1) is 20.8 Å². The molecular weight excluding hydrogens is 514 g/mol. The molecule has 4 heterocycles. The van der Waals surface area contributed by atoms with E-state index in [2.05, 4.69) is 19.7 Å². The van der Waals surface area contributed by atoms with Crippen molar-refractivity contribution in [1.82, 2.24) is 29.5 Å². The van der Waals surface area contributed by atoms with Gasteiger partial charge < -0.3 is 18.9 Å². The van der Waals surface area contributed by atoms with Gasteiger partial charge in [0.2, 0.25) is 5.88 Å². The van der Waals surface area contributed by atoms with Gasteiger partial charge in [0.25, 0.3) is 0 Å². The molecule has 1 N–H and O–H groups in total. The largest absolute Gasteiger partial charge is 0.494 e. The number of pyridine rings is 2. The van der Waals surface area contributed by atoms with Gasteiger partial charge in [-0.1, -0.05) is 23.7 Å². The molecule has 0 fully saturated rings. The lowest BCUT2D eigenvalue weighted by Gasteiger charge is -2.16. The van der Waals surface area contributed by atoms with E-state index >= 15 is 0 Å². The molecule has 5 aromatic rings. The summed E-state index contributed by atoms with van der Waals surface area (Å²) in [4.78, 5) is 23.8. The third-order valence-electron chi connectivity index (χ3n) is 5.22. The van der Waals surface area contributed by atoms with Crippen LogP contribution in [0.3, 0.4) is 0 Å². The van der Waals surface area contributed by atoms with Gasteiger partial charge >= 0.3 is 0 Å². The molecule has 37 heavy (non-hydrogen) atoms. The minimum atomic E-state index is 0.170. The average molecular weight is 536 g/mol. The van der Waals surface area contributed by atoms with Crippen LogP contribution in [0.4, 0.5) is 5.82 Å². The number of rotatable bonds is 9. The lowest BCUT2D eigenvalue weighted by molar-refractivity contribution is 0.327. The number of methoxy groups -OCH3 is 2. The molecule has 0 saturated carbocycles. The van der Waals surface area contributed by atoms with E-state index in [1.807, 2.05) is 49.4 Å². The molecule has 0 spiro atoms. The molecule has 1 aromatic carbocycles. The number of aromatic nitrogens is 6. The molecule has 12 heteroatoms. The molecule has 0 unspecified atom stereocenters. The number of halogens is 1. The molecule has 0 aliphatic carbocycles. The van der Waals surface area contributed by atoms with Crippen LogP contribution in [0.25, 0.3) is 28.5 Å². The monoisotopic (exact) mass is 535 g/mol. The number of hydrogen-bond donors (Lipinski definition) is 1. The van der Waals surface area contributed by atoms with E-state index in [0.29, 0.717) is 58.3 Å². The SMILES string of the molecule is CCOc1cccc(-c2nc3nc(Cl)c(NSc4cccnc4)nc3n2-c2c(OC)cccc2OC)n1. The number of ether oxygens (including phenoxy) is 3. The number of nitrogens with zero attached hydrogens (tertiary/aromatic N) is 6. The van der Waals surface area contributed by atoms with Crippen LogP contribution < -0.4 is 18.9 Å². The molecule has 5 rings (SSSR count). The van der Waals surface area contributed by atoms with Crippen LogP contribution in [0.15, 0.2) is 65.8 Å². The summed E-state index contributed by atoms with van der Waals surface area (Å²) < 4.78 is 22.0. The summed E-state index contributed by atoms with van der Waals surface area (Å²) in [7, 11) is 3.18. The molecule has 0 bridgehead atoms. The smallest absolute Gasteiger partial charge is 0.213 e. The molecule has 188 valence electrons. The van der Waals surface area contributed by atoms with Crippen molar-refractivity contribution in [3.8, 4) is 34.6 Å². The van der Waals surface area contributed by atoms with E-state index in [-0.39, 0.29) is 5.15 Å². The van der Waals surface area contributed by atoms with E-state index in [4.69, 9.17) is 35.8 Å². The molecule has 0 radical (unpaired) electrons. The average Bonchev–Trinajstić information content (AvgIpc) is 3.29. The summed E-state index contributed by atoms with van der Waals surface area (Å²) in [5.74, 6) is 2.40. The second-order valence-corrected chi connectivity index (χ2v) is 8.72. The van der Waals surface area contributed by atoms with Crippen molar-refractivity contribution >= 4 is 40.7 Å². The van der Waals surface area contributed by atoms with E-state index in [1.54, 1.807) is 37.2 Å². The summed E-state index contributed by atoms with van der Waals surface area (Å²) >= 11 is 7.82. The summed E-state index contributed by atoms with van der Waals surface area (Å²) in [5, 5.41) is 0.170. The first-order valence-electron chi connectivity index (χ1n) is 11.2. The number of imidazole rings is 1. The Bertz CT molecular complexity index is 1530. The number of hydrogen-bond acceptors (Lipinski definition) is 10. The molecular formula is C25H22ClN7O3S. The number of anilines is 1. The van der Waals surface area contributed by atoms with Crippen LogP contribution in [0.5, 0.6) is 17.4 Å². The predicted octanol–water partition coefficient (Wildman–Crippen LogP) is 5.46. The molecule has 4 aromatic heterocycles. The van der Waals surface area contributed by atoms with Crippen molar-refractivity contribution in [2.45, 2.75) is 11.8 Å². The number of benzene rings is 1. The fourth-order valence-electron chi connectivity index (χ4n) is 3.66. The number of nitrogens with one attached hydrogen (secondary N) is 1. The van der Waals surface area contributed by atoms with Gasteiger partial charge in [-0.2, -0.15) is 0 Å². The maximum Gasteiger partial charge on any atom is 0.213 e. The van der Waals surface area contributed by atoms with E-state index in [0.717, 1.165) is 4.90 Å². The van der Waals surface area contributed by atoms with Gasteiger partial charge in [0, 0.05) is 23.4 Å². The van der Waals surface area contributed by atoms with Gasteiger partial charge in [-0.25, -0.2) is 19.9 Å². The van der Waals surface area contributed by atoms with Crippen LogP contribution >= 0.6 is 23.5 Å². The second-order valence-electron chi connectivity index (χ2n) is 7.48. The molecule has 0 atom stereocenters. The van der Waals surface area contributed by atoms with Crippen LogP contribution in [-0.4, -0.2) is 50.3 Å². The van der Waals surface area contributed by atoms with E-state index < -0.39 is 0 Å². The van der Waals surface area contributed by atoms with Gasteiger partial charge in [-0.3, -0.25) is 9.55 Å². The Morgan fingerprint density at radius 1 is 0.946 bits per heavy atom. The van der Waals surface area contributed by atoms with Crippen molar-refractivity contribution in [3.05, 3.63) is 66.1 Å². The van der Waals surface area contributed by atoms with Gasteiger partial charge in [-0.05, 0) is 49.2 Å². The third kappa shape index (κ3) is 4.95. The van der Waals surface area contributed by atoms with Crippen LogP contribution in [0, 0.1) is 0 Å². The lowest BCUT2D eigenvalue weighted by Crippen LogP contribution is -2.06. The predicted molar refractivity (Wildman–Crippen MR) is 143 cm³/mol. The summed E-state index contributed by atoms with van der Waals surface area (Å²) in [6.45, 7) is 2.38. The topological polar surface area (TPSA) is 109 Å². The standard InChI is InChI=1S/C25H22ClN7O3S/c1-4-36-19-12-5-9-16(28-19)24-31-23-25(33(24)20-17(34-2)10-6-11-18(20)35-3)30-22(21(26)29-23)32-37-15-8-7-13-27-14-15/h5-14H,4H2,1-3H3,(H,30,32). The number of para-hydroxylation sites is 1. The highest BCUT2D eigenvalue weighted by atomic mass is 35.5. The zero-order valence-corrected chi connectivity index (χ0v) is 21.7. The van der Waals surface area contributed by atoms with Crippen LogP contribution in [0.1, 0.15) is 6.92 Å². The minimum Gasteiger partial charge on any atom is -0.494 e. The highest BCUT2D eigenvalue weighted by molar-refractivity contribution is 8.00. The molecule has 0 amide bonds. The molecule has 10 nitrogen and oxygen atoms in total. The van der Waals surface area contributed by atoms with E-state index in [9.17, 15) is 0 Å². The highest BCUT2D eigenvalue weighted by Crippen LogP contribution is 2.39. The Morgan fingerprint density at radius 3 is 2.43 bits per heavy atom. The van der Waals surface area contributed by atoms with Crippen LogP contribution in [0.2, 0.25) is 5.15 Å². The maximum absolute atomic E-state index is 6.51. The minimum absolute atomic E-state index is 0.170. The fraction of sp³-hybridized carbons (Fsp3) is 0.160. The summed E-state index contributed by atoms with van der Waals surface area (Å²) in [5.41, 5.74) is 1.90. The van der Waals surface area contributed by atoms with Crippen molar-refractivity contribution < 1.29 is 14.2 Å². The first-order chi connectivity index (χ1) is 18.1. The maximum atomic E-state index is 6.51. The molecule has 0 saturated heterocycles. The van der Waals surface area contributed by atoms with Crippen molar-refractivity contribution in [3.63, 3.8) is 0 Å². The quantitative estimate of drug-likeness (QED) is 0.244. The summed E-state index contributed by atoms with van der Waals surface area (Å²) in [6, 6.07) is 14.7. The first-order valence-corrected chi connectivity index (χ1v) is 12.4. The van der Waals surface area contributed by atoms with Gasteiger partial charge in [-0.15, -0.1) is 0 Å². The van der Waals surface area contributed by atoms with Crippen LogP contribution in [-0.2, 0) is 0 Å². The Morgan fingerprint density at radius 2 is 1.73 bits per heavy atom. The van der Waals surface area contributed by atoms with Gasteiger partial charge in [0.15, 0.2) is 28.1 Å². The van der Waals surface area contributed by atoms with Crippen molar-refractivity contribution in [2.24, 2.45) is 0 Å². The number of fused-ring (bicyclic) bond motifs is 1. The van der Waals surface area contributed by atoms with E-state index in [1.165, 1.54) is 11.9 Å². The lowest BCUT2D eigenvalue weighted by atomic mass is 10.2. The van der Waals surface area contributed by atoms with Crippen molar-refractivity contribution in [2.75, 3.05) is 25.5 Å². The van der Waals surface area contributed by atoms with Crippen molar-refractivity contribution in [1.29, 1.82) is 0 Å². The molecule has 0 aliphatic rings. The zero-order valence-electron chi connectivity index (χ0n) is 20.2. The fourth-order valence-corrected chi connectivity index (χ4v) is 4.50. The normalized spacial score (nSPS) is 10.9. The Kier molecular flexibility index (Phi) is 7.24. The Labute approximate surface area is 222 Å². The second kappa shape index (κ2) is 10.9. The summed E-state index contributed by atoms with van der Waals surface area (Å²) in [6.07, 6.45) is 3.44. The van der Waals surface area contributed by atoms with Gasteiger partial charge in [0.1, 0.15) is 22.9 Å². The molecule has 0 aliphatic heterocycles. The highest BCUT2D eigenvalue weighted by Gasteiger charge is 2.25. The zero-order chi connectivity index (χ0) is 25.8. The third-order valence-corrected chi connectivity index (χ3v) is 6.26. The Balaban J connectivity index is 1.73. The Hall–Kier alpha value is -4.09. The first kappa shape index (κ1) is 24.6.